The summed E-state index contributed by atoms with van der Waals surface area (Å²) in [5.41, 5.74) is 0.716. The van der Waals surface area contributed by atoms with E-state index in [-0.39, 0.29) is 18.1 Å². The molecule has 1 aromatic carbocycles. The molecule has 0 aromatic heterocycles. The summed E-state index contributed by atoms with van der Waals surface area (Å²) < 4.78 is 23.0. The van der Waals surface area contributed by atoms with Crippen LogP contribution in [0.2, 0.25) is 0 Å². The highest BCUT2D eigenvalue weighted by molar-refractivity contribution is 7.90. The van der Waals surface area contributed by atoms with Crippen molar-refractivity contribution in [2.45, 2.75) is 12.5 Å². The average Bonchev–Trinajstić information content (AvgIpc) is 2.46. The van der Waals surface area contributed by atoms with Crippen LogP contribution in [0.5, 0.6) is 0 Å². The molecule has 1 atom stereocenters. The third-order valence-electron chi connectivity index (χ3n) is 2.66. The Labute approximate surface area is 141 Å². The summed E-state index contributed by atoms with van der Waals surface area (Å²) in [4.78, 5) is 12.0. The Hall–Kier alpha value is -2.18. The summed E-state index contributed by atoms with van der Waals surface area (Å²) in [6.45, 7) is 0.149. The molecule has 124 valence electrons. The fourth-order valence-electron chi connectivity index (χ4n) is 1.70. The van der Waals surface area contributed by atoms with Gasteiger partial charge in [0.2, 0.25) is 5.91 Å². The zero-order chi connectivity index (χ0) is 17.3. The highest BCUT2D eigenvalue weighted by Gasteiger charge is 2.23. The molecule has 1 aromatic rings. The van der Waals surface area contributed by atoms with Crippen LogP contribution in [0.15, 0.2) is 30.3 Å². The number of rotatable bonds is 7. The number of sulfone groups is 1. The van der Waals surface area contributed by atoms with Crippen LogP contribution >= 0.6 is 12.2 Å². The molecule has 0 saturated carbocycles. The van der Waals surface area contributed by atoms with E-state index >= 15 is 0 Å². The molecular formula is C14H18N4O3S2. The van der Waals surface area contributed by atoms with Gasteiger partial charge in [-0.25, -0.2) is 8.42 Å². The van der Waals surface area contributed by atoms with Gasteiger partial charge in [0.25, 0.3) is 0 Å². The fourth-order valence-corrected chi connectivity index (χ4v) is 2.80. The van der Waals surface area contributed by atoms with Crippen molar-refractivity contribution >= 4 is 38.8 Å². The Morgan fingerprint density at radius 3 is 2.57 bits per heavy atom. The maximum atomic E-state index is 12.0. The molecule has 7 nitrogen and oxygen atoms in total. The second kappa shape index (κ2) is 9.07. The molecule has 3 N–H and O–H groups in total. The lowest BCUT2D eigenvalue weighted by molar-refractivity contribution is -0.122. The van der Waals surface area contributed by atoms with E-state index in [9.17, 15) is 13.2 Å². The Balaban J connectivity index is 2.70. The predicted molar refractivity (Wildman–Crippen MR) is 92.5 cm³/mol. The van der Waals surface area contributed by atoms with Gasteiger partial charge in [-0.1, -0.05) is 18.2 Å². The molecule has 1 rings (SSSR count). The number of carbonyl (C=O) groups excluding carboxylic acids is 1. The number of nitrogens with one attached hydrogen (secondary N) is 3. The molecule has 0 spiro atoms. The molecule has 0 heterocycles. The van der Waals surface area contributed by atoms with Crippen LogP contribution < -0.4 is 16.0 Å². The molecular weight excluding hydrogens is 336 g/mol. The number of nitrogens with zero attached hydrogens (tertiary/aromatic N) is 1. The topological polar surface area (TPSA) is 111 Å². The summed E-state index contributed by atoms with van der Waals surface area (Å²) in [5.74, 6) is -0.926. The third-order valence-corrected chi connectivity index (χ3v) is 3.82. The van der Waals surface area contributed by atoms with Crippen LogP contribution in [-0.2, 0) is 14.6 Å². The zero-order valence-electron chi connectivity index (χ0n) is 12.6. The highest BCUT2D eigenvalue weighted by Crippen LogP contribution is 2.05. The summed E-state index contributed by atoms with van der Waals surface area (Å²) in [7, 11) is -3.39. The molecule has 0 aliphatic carbocycles. The molecule has 0 fully saturated rings. The van der Waals surface area contributed by atoms with Gasteiger partial charge in [-0.3, -0.25) is 4.79 Å². The summed E-state index contributed by atoms with van der Waals surface area (Å²) >= 11 is 5.11. The first kappa shape index (κ1) is 18.9. The van der Waals surface area contributed by atoms with Gasteiger partial charge in [-0.2, -0.15) is 5.26 Å². The first-order valence-electron chi connectivity index (χ1n) is 6.77. The van der Waals surface area contributed by atoms with E-state index in [4.69, 9.17) is 17.5 Å². The van der Waals surface area contributed by atoms with Crippen LogP contribution in [0.1, 0.15) is 6.42 Å². The van der Waals surface area contributed by atoms with Gasteiger partial charge in [-0.05, 0) is 24.4 Å². The lowest BCUT2D eigenvalue weighted by atomic mass is 10.3. The first-order valence-corrected chi connectivity index (χ1v) is 9.23. The van der Waals surface area contributed by atoms with Gasteiger partial charge in [0.1, 0.15) is 15.9 Å². The molecule has 1 unspecified atom stereocenters. The van der Waals surface area contributed by atoms with Crippen LogP contribution in [0.4, 0.5) is 5.69 Å². The maximum absolute atomic E-state index is 12.0. The Bertz CT molecular complexity index is 684. The molecule has 0 saturated heterocycles. The Morgan fingerprint density at radius 1 is 1.35 bits per heavy atom. The molecule has 0 aliphatic heterocycles. The number of amides is 1. The monoisotopic (exact) mass is 354 g/mol. The molecule has 0 bridgehead atoms. The molecule has 9 heteroatoms. The van der Waals surface area contributed by atoms with Crippen molar-refractivity contribution < 1.29 is 13.2 Å². The van der Waals surface area contributed by atoms with Crippen molar-refractivity contribution in [3.8, 4) is 6.07 Å². The number of anilines is 1. The number of nitriles is 1. The van der Waals surface area contributed by atoms with Gasteiger partial charge in [0.05, 0.1) is 18.2 Å². The standard InChI is InChI=1S/C14H18N4O3S2/c1-23(20,21)10-12(13(19)16-9-5-8-15)18-14(22)17-11-6-3-2-4-7-11/h2-4,6-7,12H,5,9-10H2,1H3,(H,16,19)(H2,17,18,22). The number of hydrogen-bond donors (Lipinski definition) is 3. The van der Waals surface area contributed by atoms with Crippen molar-refractivity contribution in [3.05, 3.63) is 30.3 Å². The Morgan fingerprint density at radius 2 is 2.00 bits per heavy atom. The smallest absolute Gasteiger partial charge is 0.243 e. The highest BCUT2D eigenvalue weighted by atomic mass is 32.2. The maximum Gasteiger partial charge on any atom is 0.243 e. The van der Waals surface area contributed by atoms with Crippen molar-refractivity contribution in [1.82, 2.24) is 10.6 Å². The van der Waals surface area contributed by atoms with E-state index in [0.717, 1.165) is 6.26 Å². The fraction of sp³-hybridized carbons (Fsp3) is 0.357. The number of carbonyl (C=O) groups is 1. The largest absolute Gasteiger partial charge is 0.353 e. The van der Waals surface area contributed by atoms with Crippen molar-refractivity contribution in [2.24, 2.45) is 0 Å². The van der Waals surface area contributed by atoms with E-state index in [1.54, 1.807) is 12.1 Å². The van der Waals surface area contributed by atoms with Gasteiger partial charge >= 0.3 is 0 Å². The second-order valence-electron chi connectivity index (χ2n) is 4.81. The van der Waals surface area contributed by atoms with E-state index in [2.05, 4.69) is 16.0 Å². The van der Waals surface area contributed by atoms with Crippen LogP contribution in [0.25, 0.3) is 0 Å². The number of hydrogen-bond acceptors (Lipinski definition) is 5. The second-order valence-corrected chi connectivity index (χ2v) is 7.40. The van der Waals surface area contributed by atoms with Crippen LogP contribution in [0, 0.1) is 11.3 Å². The average molecular weight is 354 g/mol. The Kier molecular flexibility index (Phi) is 7.44. The van der Waals surface area contributed by atoms with Gasteiger partial charge in [-0.15, -0.1) is 0 Å². The lowest BCUT2D eigenvalue weighted by Crippen LogP contribution is -2.51. The number of para-hydroxylation sites is 1. The number of benzene rings is 1. The predicted octanol–water partition coefficient (Wildman–Crippen LogP) is 0.416. The molecule has 23 heavy (non-hydrogen) atoms. The van der Waals surface area contributed by atoms with Crippen molar-refractivity contribution in [2.75, 3.05) is 23.9 Å². The van der Waals surface area contributed by atoms with Gasteiger partial charge < -0.3 is 16.0 Å². The first-order chi connectivity index (χ1) is 10.8. The van der Waals surface area contributed by atoms with Crippen molar-refractivity contribution in [1.29, 1.82) is 5.26 Å². The lowest BCUT2D eigenvalue weighted by Gasteiger charge is -2.19. The summed E-state index contributed by atoms with van der Waals surface area (Å²) in [6, 6.07) is 9.90. The quantitative estimate of drug-likeness (QED) is 0.480. The third kappa shape index (κ3) is 8.13. The van der Waals surface area contributed by atoms with E-state index < -0.39 is 27.5 Å². The molecule has 0 radical (unpaired) electrons. The van der Waals surface area contributed by atoms with E-state index in [1.807, 2.05) is 24.3 Å². The minimum absolute atomic E-state index is 0.139. The zero-order valence-corrected chi connectivity index (χ0v) is 14.2. The van der Waals surface area contributed by atoms with Crippen LogP contribution in [0.3, 0.4) is 0 Å². The summed E-state index contributed by atoms with van der Waals surface area (Å²) in [5, 5.41) is 16.7. The minimum atomic E-state index is -3.39. The van der Waals surface area contributed by atoms with Crippen molar-refractivity contribution in [3.63, 3.8) is 0 Å². The van der Waals surface area contributed by atoms with E-state index in [1.165, 1.54) is 0 Å². The van der Waals surface area contributed by atoms with Gasteiger partial charge in [0.15, 0.2) is 5.11 Å². The summed E-state index contributed by atoms with van der Waals surface area (Å²) in [6.07, 6.45) is 1.18. The molecule has 0 aliphatic rings. The normalized spacial score (nSPS) is 11.8. The van der Waals surface area contributed by atoms with Gasteiger partial charge in [0, 0.05) is 18.5 Å². The molecule has 1 amide bonds. The number of thiocarbonyl (C=S) groups is 1. The minimum Gasteiger partial charge on any atom is -0.353 e. The van der Waals surface area contributed by atoms with Crippen LogP contribution in [-0.4, -0.2) is 44.0 Å². The van der Waals surface area contributed by atoms with E-state index in [0.29, 0.717) is 5.69 Å². The SMILES string of the molecule is CS(=O)(=O)CC(NC(=S)Nc1ccccc1)C(=O)NCCC#N.